The number of hydrogen-bond acceptors (Lipinski definition) is 5. The highest BCUT2D eigenvalue weighted by atomic mass is 32.1. The van der Waals surface area contributed by atoms with Crippen molar-refractivity contribution in [3.8, 4) is 0 Å². The summed E-state index contributed by atoms with van der Waals surface area (Å²) in [6.07, 6.45) is 0. The second-order valence-corrected chi connectivity index (χ2v) is 7.69. The van der Waals surface area contributed by atoms with E-state index in [0.29, 0.717) is 5.13 Å². The standard InChI is InChI=1S/C23H22N4S/c1-3-27(16-18-10-8-17(2)9-11-18)20-14-12-19(13-15-20)25-26-23-24-21-6-4-5-7-22(21)28-23/h4-15H,3,16H2,1-2H3. The normalized spacial score (nSPS) is 11.4. The maximum Gasteiger partial charge on any atom is 0.231 e. The fraction of sp³-hybridized carbons (Fsp3) is 0.174. The molecule has 4 nitrogen and oxygen atoms in total. The van der Waals surface area contributed by atoms with E-state index in [2.05, 4.69) is 70.4 Å². The van der Waals surface area contributed by atoms with Gasteiger partial charge in [0.1, 0.15) is 0 Å². The summed E-state index contributed by atoms with van der Waals surface area (Å²) < 4.78 is 1.13. The van der Waals surface area contributed by atoms with Crippen LogP contribution in [0.2, 0.25) is 0 Å². The lowest BCUT2D eigenvalue weighted by molar-refractivity contribution is 0.831. The number of azo groups is 1. The molecule has 5 heteroatoms. The Kier molecular flexibility index (Phi) is 5.44. The smallest absolute Gasteiger partial charge is 0.231 e. The van der Waals surface area contributed by atoms with Crippen molar-refractivity contribution in [2.45, 2.75) is 20.4 Å². The molecule has 0 unspecified atom stereocenters. The summed E-state index contributed by atoms with van der Waals surface area (Å²) in [5.41, 5.74) is 5.57. The minimum Gasteiger partial charge on any atom is -0.367 e. The molecule has 1 heterocycles. The summed E-state index contributed by atoms with van der Waals surface area (Å²) in [6, 6.07) is 25.0. The first-order valence-corrected chi connectivity index (χ1v) is 10.2. The van der Waals surface area contributed by atoms with Crippen LogP contribution in [0.4, 0.5) is 16.5 Å². The number of aromatic nitrogens is 1. The van der Waals surface area contributed by atoms with Crippen molar-refractivity contribution in [3.63, 3.8) is 0 Å². The molecule has 0 atom stereocenters. The van der Waals surface area contributed by atoms with Crippen molar-refractivity contribution in [1.29, 1.82) is 0 Å². The van der Waals surface area contributed by atoms with Gasteiger partial charge in [-0.3, -0.25) is 0 Å². The SMILES string of the molecule is CCN(Cc1ccc(C)cc1)c1ccc(N=Nc2nc3ccccc3s2)cc1. The molecule has 4 aromatic rings. The molecular formula is C23H22N4S. The zero-order valence-corrected chi connectivity index (χ0v) is 16.9. The van der Waals surface area contributed by atoms with Crippen LogP contribution in [0.1, 0.15) is 18.1 Å². The van der Waals surface area contributed by atoms with Gasteiger partial charge in [-0.05, 0) is 55.8 Å². The van der Waals surface area contributed by atoms with Gasteiger partial charge in [-0.2, -0.15) is 0 Å². The molecule has 3 aromatic carbocycles. The van der Waals surface area contributed by atoms with E-state index in [4.69, 9.17) is 0 Å². The Morgan fingerprint density at radius 2 is 1.64 bits per heavy atom. The summed E-state index contributed by atoms with van der Waals surface area (Å²) in [6.45, 7) is 6.13. The number of para-hydroxylation sites is 1. The zero-order valence-electron chi connectivity index (χ0n) is 16.0. The van der Waals surface area contributed by atoms with Crippen LogP contribution in [0.3, 0.4) is 0 Å². The van der Waals surface area contributed by atoms with Crippen LogP contribution in [0.5, 0.6) is 0 Å². The van der Waals surface area contributed by atoms with Gasteiger partial charge in [0, 0.05) is 18.8 Å². The number of anilines is 1. The minimum atomic E-state index is 0.680. The van der Waals surface area contributed by atoms with Crippen LogP contribution in [0, 0.1) is 6.92 Å². The quantitative estimate of drug-likeness (QED) is 0.333. The Morgan fingerprint density at radius 1 is 0.893 bits per heavy atom. The molecule has 0 saturated heterocycles. The molecule has 0 N–H and O–H groups in total. The third-order valence-corrected chi connectivity index (χ3v) is 5.54. The number of fused-ring (bicyclic) bond motifs is 1. The van der Waals surface area contributed by atoms with Gasteiger partial charge < -0.3 is 4.90 Å². The fourth-order valence-corrected chi connectivity index (χ4v) is 3.82. The highest BCUT2D eigenvalue weighted by Gasteiger charge is 2.06. The van der Waals surface area contributed by atoms with Crippen molar-refractivity contribution in [2.75, 3.05) is 11.4 Å². The van der Waals surface area contributed by atoms with Gasteiger partial charge in [-0.25, -0.2) is 4.98 Å². The van der Waals surface area contributed by atoms with Crippen LogP contribution < -0.4 is 4.90 Å². The van der Waals surface area contributed by atoms with Crippen LogP contribution >= 0.6 is 11.3 Å². The van der Waals surface area contributed by atoms with Crippen molar-refractivity contribution in [1.82, 2.24) is 4.98 Å². The van der Waals surface area contributed by atoms with Crippen molar-refractivity contribution >= 4 is 38.1 Å². The van der Waals surface area contributed by atoms with Crippen LogP contribution in [-0.4, -0.2) is 11.5 Å². The van der Waals surface area contributed by atoms with E-state index in [9.17, 15) is 0 Å². The molecule has 0 fully saturated rings. The van der Waals surface area contributed by atoms with Gasteiger partial charge in [0.15, 0.2) is 0 Å². The topological polar surface area (TPSA) is 40.9 Å². The Morgan fingerprint density at radius 3 is 2.36 bits per heavy atom. The molecule has 0 aliphatic heterocycles. The number of hydrogen-bond donors (Lipinski definition) is 0. The van der Waals surface area contributed by atoms with E-state index >= 15 is 0 Å². The molecule has 140 valence electrons. The van der Waals surface area contributed by atoms with Crippen molar-refractivity contribution in [2.24, 2.45) is 10.2 Å². The predicted octanol–water partition coefficient (Wildman–Crippen LogP) is 7.05. The van der Waals surface area contributed by atoms with Crippen LogP contribution in [0.15, 0.2) is 83.0 Å². The van der Waals surface area contributed by atoms with Gasteiger partial charge >= 0.3 is 0 Å². The predicted molar refractivity (Wildman–Crippen MR) is 118 cm³/mol. The number of nitrogens with zero attached hydrogens (tertiary/aromatic N) is 4. The number of aryl methyl sites for hydroxylation is 1. The molecule has 0 bridgehead atoms. The first-order chi connectivity index (χ1) is 13.7. The molecular weight excluding hydrogens is 364 g/mol. The van der Waals surface area contributed by atoms with Crippen LogP contribution in [0.25, 0.3) is 10.2 Å². The van der Waals surface area contributed by atoms with Crippen molar-refractivity contribution in [3.05, 3.63) is 83.9 Å². The fourth-order valence-electron chi connectivity index (χ4n) is 3.03. The molecule has 0 spiro atoms. The second-order valence-electron chi connectivity index (χ2n) is 6.68. The number of rotatable bonds is 6. The van der Waals surface area contributed by atoms with Gasteiger partial charge in [-0.1, -0.05) is 53.3 Å². The largest absolute Gasteiger partial charge is 0.367 e. The van der Waals surface area contributed by atoms with E-state index in [1.807, 2.05) is 36.4 Å². The number of thiazole rings is 1. The molecule has 0 amide bonds. The molecule has 28 heavy (non-hydrogen) atoms. The molecule has 0 aliphatic carbocycles. The maximum absolute atomic E-state index is 4.49. The van der Waals surface area contributed by atoms with E-state index < -0.39 is 0 Å². The Balaban J connectivity index is 1.46. The Bertz CT molecular complexity index is 1050. The third kappa shape index (κ3) is 4.26. The Labute approximate surface area is 169 Å². The highest BCUT2D eigenvalue weighted by molar-refractivity contribution is 7.21. The molecule has 0 aliphatic rings. The second kappa shape index (κ2) is 8.31. The highest BCUT2D eigenvalue weighted by Crippen LogP contribution is 2.29. The average molecular weight is 387 g/mol. The molecule has 1 aromatic heterocycles. The third-order valence-electron chi connectivity index (χ3n) is 4.62. The lowest BCUT2D eigenvalue weighted by Crippen LogP contribution is -2.21. The molecule has 0 radical (unpaired) electrons. The number of benzene rings is 3. The van der Waals surface area contributed by atoms with E-state index in [1.54, 1.807) is 11.3 Å². The van der Waals surface area contributed by atoms with Crippen molar-refractivity contribution < 1.29 is 0 Å². The minimum absolute atomic E-state index is 0.680. The molecule has 0 saturated carbocycles. The lowest BCUT2D eigenvalue weighted by atomic mass is 10.1. The van der Waals surface area contributed by atoms with E-state index in [1.165, 1.54) is 16.8 Å². The average Bonchev–Trinajstić information content (AvgIpc) is 3.15. The summed E-state index contributed by atoms with van der Waals surface area (Å²) in [5, 5.41) is 9.33. The van der Waals surface area contributed by atoms with E-state index in [-0.39, 0.29) is 0 Å². The van der Waals surface area contributed by atoms with Crippen LogP contribution in [-0.2, 0) is 6.54 Å². The summed E-state index contributed by atoms with van der Waals surface area (Å²) in [7, 11) is 0. The summed E-state index contributed by atoms with van der Waals surface area (Å²) in [4.78, 5) is 6.84. The van der Waals surface area contributed by atoms with Gasteiger partial charge in [-0.15, -0.1) is 10.2 Å². The maximum atomic E-state index is 4.49. The van der Waals surface area contributed by atoms with E-state index in [0.717, 1.165) is 29.0 Å². The zero-order chi connectivity index (χ0) is 19.3. The monoisotopic (exact) mass is 386 g/mol. The van der Waals surface area contributed by atoms with Gasteiger partial charge in [0.05, 0.1) is 15.9 Å². The molecule has 4 rings (SSSR count). The van der Waals surface area contributed by atoms with Gasteiger partial charge in [0.2, 0.25) is 5.13 Å². The van der Waals surface area contributed by atoms with Gasteiger partial charge in [0.25, 0.3) is 0 Å². The summed E-state index contributed by atoms with van der Waals surface area (Å²) in [5.74, 6) is 0. The Hall–Kier alpha value is -3.05. The summed E-state index contributed by atoms with van der Waals surface area (Å²) >= 11 is 1.55. The first kappa shape index (κ1) is 18.3. The first-order valence-electron chi connectivity index (χ1n) is 9.39. The lowest BCUT2D eigenvalue weighted by Gasteiger charge is -2.23.